The molecule has 0 bridgehead atoms. The molecule has 1 unspecified atom stereocenters. The molecule has 0 fully saturated rings. The van der Waals surface area contributed by atoms with E-state index in [4.69, 9.17) is 4.74 Å². The third-order valence-corrected chi connectivity index (χ3v) is 1.70. The zero-order valence-electron chi connectivity index (χ0n) is 8.67. The highest BCUT2D eigenvalue weighted by Gasteiger charge is 2.01. The van der Waals surface area contributed by atoms with Crippen LogP contribution in [0.5, 0.6) is 0 Å². The molecule has 0 saturated carbocycles. The maximum atomic E-state index is 11.0. The van der Waals surface area contributed by atoms with Gasteiger partial charge in [-0.3, -0.25) is 0 Å². The summed E-state index contributed by atoms with van der Waals surface area (Å²) in [4.78, 5) is 11.0. The number of allylic oxidation sites excluding steroid dienone is 2. The van der Waals surface area contributed by atoms with Gasteiger partial charge in [0, 0.05) is 6.08 Å². The van der Waals surface area contributed by atoms with Crippen LogP contribution in [0.1, 0.15) is 27.2 Å². The molecule has 1 atom stereocenters. The third kappa shape index (κ3) is 6.14. The van der Waals surface area contributed by atoms with Crippen LogP contribution in [0.15, 0.2) is 24.3 Å². The van der Waals surface area contributed by atoms with E-state index in [0.717, 1.165) is 12.0 Å². The molecular weight excluding hydrogens is 164 g/mol. The average Bonchev–Trinajstić information content (AvgIpc) is 2.04. The van der Waals surface area contributed by atoms with Gasteiger partial charge in [0.15, 0.2) is 0 Å². The fraction of sp³-hybridized carbons (Fsp3) is 0.545. The molecule has 0 aliphatic heterocycles. The summed E-state index contributed by atoms with van der Waals surface area (Å²) in [5.41, 5.74) is 1.03. The lowest BCUT2D eigenvalue weighted by atomic mass is 10.0. The Bertz CT molecular complexity index is 204. The summed E-state index contributed by atoms with van der Waals surface area (Å²) >= 11 is 0. The molecule has 0 spiro atoms. The monoisotopic (exact) mass is 182 g/mol. The first-order valence-electron chi connectivity index (χ1n) is 4.56. The Labute approximate surface area is 80.3 Å². The lowest BCUT2D eigenvalue weighted by Crippen LogP contribution is -2.01. The molecule has 2 nitrogen and oxygen atoms in total. The summed E-state index contributed by atoms with van der Waals surface area (Å²) in [5.74, 6) is 0.155. The first kappa shape index (κ1) is 11.9. The largest absolute Gasteiger partial charge is 0.463 e. The molecule has 0 N–H and O–H groups in total. The van der Waals surface area contributed by atoms with Crippen molar-refractivity contribution in [2.24, 2.45) is 5.92 Å². The Morgan fingerprint density at radius 2 is 2.23 bits per heavy atom. The van der Waals surface area contributed by atoms with E-state index < -0.39 is 0 Å². The molecule has 0 amide bonds. The van der Waals surface area contributed by atoms with Crippen molar-refractivity contribution < 1.29 is 9.53 Å². The SMILES string of the molecule is C=CC(C)C/C(C)=C\C(=O)OCC. The fourth-order valence-corrected chi connectivity index (χ4v) is 1.04. The second kappa shape index (κ2) is 6.46. The minimum atomic E-state index is -0.253. The van der Waals surface area contributed by atoms with Gasteiger partial charge in [0.1, 0.15) is 0 Å². The predicted octanol–water partition coefficient (Wildman–Crippen LogP) is 2.71. The zero-order valence-corrected chi connectivity index (χ0v) is 8.67. The molecule has 0 heterocycles. The van der Waals surface area contributed by atoms with E-state index in [1.807, 2.05) is 13.0 Å². The molecule has 0 aliphatic rings. The molecular formula is C11H18O2. The van der Waals surface area contributed by atoms with E-state index in [0.29, 0.717) is 12.5 Å². The van der Waals surface area contributed by atoms with Crippen molar-refractivity contribution in [3.05, 3.63) is 24.3 Å². The summed E-state index contributed by atoms with van der Waals surface area (Å²) in [6.45, 7) is 9.91. The molecule has 0 aromatic rings. The van der Waals surface area contributed by atoms with Crippen LogP contribution in [-0.2, 0) is 9.53 Å². The Kier molecular flexibility index (Phi) is 5.94. The molecule has 0 rings (SSSR count). The van der Waals surface area contributed by atoms with Gasteiger partial charge in [-0.25, -0.2) is 4.79 Å². The highest BCUT2D eigenvalue weighted by molar-refractivity contribution is 5.82. The van der Waals surface area contributed by atoms with Crippen LogP contribution in [0.4, 0.5) is 0 Å². The molecule has 0 aliphatic carbocycles. The van der Waals surface area contributed by atoms with Crippen molar-refractivity contribution in [2.45, 2.75) is 27.2 Å². The van der Waals surface area contributed by atoms with Gasteiger partial charge < -0.3 is 4.74 Å². The van der Waals surface area contributed by atoms with Gasteiger partial charge in [-0.2, -0.15) is 0 Å². The van der Waals surface area contributed by atoms with Crippen LogP contribution in [-0.4, -0.2) is 12.6 Å². The number of carbonyl (C=O) groups excluding carboxylic acids is 1. The van der Waals surface area contributed by atoms with Gasteiger partial charge in [0.2, 0.25) is 0 Å². The predicted molar refractivity (Wildman–Crippen MR) is 54.4 cm³/mol. The van der Waals surface area contributed by atoms with Crippen LogP contribution in [0.2, 0.25) is 0 Å². The highest BCUT2D eigenvalue weighted by atomic mass is 16.5. The Morgan fingerprint density at radius 1 is 1.62 bits per heavy atom. The number of ether oxygens (including phenoxy) is 1. The number of hydrogen-bond acceptors (Lipinski definition) is 2. The first-order valence-corrected chi connectivity index (χ1v) is 4.56. The van der Waals surface area contributed by atoms with Crippen LogP contribution >= 0.6 is 0 Å². The lowest BCUT2D eigenvalue weighted by Gasteiger charge is -2.05. The Morgan fingerprint density at radius 3 is 2.69 bits per heavy atom. The standard InChI is InChI=1S/C11H18O2/c1-5-9(3)7-10(4)8-11(12)13-6-2/h5,8-9H,1,6-7H2,2-4H3/b10-8-. The number of esters is 1. The average molecular weight is 182 g/mol. The maximum absolute atomic E-state index is 11.0. The Balaban J connectivity index is 4.00. The van der Waals surface area contributed by atoms with Crippen molar-refractivity contribution >= 4 is 5.97 Å². The van der Waals surface area contributed by atoms with E-state index in [2.05, 4.69) is 13.5 Å². The first-order chi connectivity index (χ1) is 6.10. The van der Waals surface area contributed by atoms with Gasteiger partial charge >= 0.3 is 5.97 Å². The van der Waals surface area contributed by atoms with Gasteiger partial charge in [0.05, 0.1) is 6.61 Å². The van der Waals surface area contributed by atoms with Gasteiger partial charge in [-0.1, -0.05) is 18.6 Å². The van der Waals surface area contributed by atoms with Crippen molar-refractivity contribution in [1.29, 1.82) is 0 Å². The minimum absolute atomic E-state index is 0.253. The van der Waals surface area contributed by atoms with E-state index in [1.54, 1.807) is 13.0 Å². The number of carbonyl (C=O) groups is 1. The molecule has 0 saturated heterocycles. The van der Waals surface area contributed by atoms with Gasteiger partial charge in [-0.15, -0.1) is 6.58 Å². The van der Waals surface area contributed by atoms with Gasteiger partial charge in [0.25, 0.3) is 0 Å². The minimum Gasteiger partial charge on any atom is -0.463 e. The van der Waals surface area contributed by atoms with E-state index in [9.17, 15) is 4.79 Å². The van der Waals surface area contributed by atoms with Crippen molar-refractivity contribution in [1.82, 2.24) is 0 Å². The van der Waals surface area contributed by atoms with E-state index >= 15 is 0 Å². The third-order valence-electron chi connectivity index (χ3n) is 1.70. The fourth-order valence-electron chi connectivity index (χ4n) is 1.04. The van der Waals surface area contributed by atoms with Crippen LogP contribution in [0, 0.1) is 5.92 Å². The smallest absolute Gasteiger partial charge is 0.330 e. The van der Waals surface area contributed by atoms with Crippen molar-refractivity contribution in [3.8, 4) is 0 Å². The number of rotatable bonds is 5. The van der Waals surface area contributed by atoms with Crippen LogP contribution in [0.25, 0.3) is 0 Å². The summed E-state index contributed by atoms with van der Waals surface area (Å²) < 4.78 is 4.79. The number of hydrogen-bond donors (Lipinski definition) is 0. The van der Waals surface area contributed by atoms with Crippen molar-refractivity contribution in [3.63, 3.8) is 0 Å². The summed E-state index contributed by atoms with van der Waals surface area (Å²) in [6.07, 6.45) is 4.29. The summed E-state index contributed by atoms with van der Waals surface area (Å²) in [5, 5.41) is 0. The molecule has 13 heavy (non-hydrogen) atoms. The van der Waals surface area contributed by atoms with Gasteiger partial charge in [-0.05, 0) is 26.2 Å². The second-order valence-electron chi connectivity index (χ2n) is 3.16. The second-order valence-corrected chi connectivity index (χ2v) is 3.16. The van der Waals surface area contributed by atoms with E-state index in [-0.39, 0.29) is 5.97 Å². The summed E-state index contributed by atoms with van der Waals surface area (Å²) in [7, 11) is 0. The molecule has 0 radical (unpaired) electrons. The molecule has 74 valence electrons. The maximum Gasteiger partial charge on any atom is 0.330 e. The molecule has 0 aromatic heterocycles. The zero-order chi connectivity index (χ0) is 10.3. The van der Waals surface area contributed by atoms with Crippen molar-refractivity contribution in [2.75, 3.05) is 6.61 Å². The molecule has 0 aromatic carbocycles. The quantitative estimate of drug-likeness (QED) is 0.371. The Hall–Kier alpha value is -1.05. The lowest BCUT2D eigenvalue weighted by molar-refractivity contribution is -0.137. The highest BCUT2D eigenvalue weighted by Crippen LogP contribution is 2.11. The summed E-state index contributed by atoms with van der Waals surface area (Å²) in [6, 6.07) is 0. The molecule has 2 heteroatoms. The van der Waals surface area contributed by atoms with Crippen LogP contribution in [0.3, 0.4) is 0 Å². The van der Waals surface area contributed by atoms with E-state index in [1.165, 1.54) is 0 Å². The van der Waals surface area contributed by atoms with Crippen LogP contribution < -0.4 is 0 Å². The topological polar surface area (TPSA) is 26.3 Å². The normalized spacial score (nSPS) is 13.6.